The molecule has 1 fully saturated rings. The molecule has 0 saturated heterocycles. The van der Waals surface area contributed by atoms with Gasteiger partial charge in [-0.1, -0.05) is 0 Å². The third kappa shape index (κ3) is 1.85. The molecule has 4 heteroatoms. The first-order valence-electron chi connectivity index (χ1n) is 5.60. The van der Waals surface area contributed by atoms with Crippen molar-refractivity contribution in [3.05, 3.63) is 23.7 Å². The fourth-order valence-electron chi connectivity index (χ4n) is 2.05. The fraction of sp³-hybridized carbons (Fsp3) is 0.583. The van der Waals surface area contributed by atoms with Crippen LogP contribution in [0.25, 0.3) is 0 Å². The Labute approximate surface area is 95.4 Å². The summed E-state index contributed by atoms with van der Waals surface area (Å²) in [4.78, 5) is 13.7. The van der Waals surface area contributed by atoms with E-state index in [2.05, 4.69) is 0 Å². The highest BCUT2D eigenvalue weighted by Gasteiger charge is 2.41. The Balaban J connectivity index is 2.00. The maximum Gasteiger partial charge on any atom is 0.242 e. The van der Waals surface area contributed by atoms with Crippen molar-refractivity contribution in [3.8, 4) is 0 Å². The highest BCUT2D eigenvalue weighted by molar-refractivity contribution is 5.86. The minimum atomic E-state index is -0.605. The molecule has 0 aromatic carbocycles. The Morgan fingerprint density at radius 3 is 2.75 bits per heavy atom. The van der Waals surface area contributed by atoms with Crippen molar-refractivity contribution in [1.82, 2.24) is 4.90 Å². The summed E-state index contributed by atoms with van der Waals surface area (Å²) >= 11 is 0. The molecule has 0 aliphatic heterocycles. The minimum Gasteiger partial charge on any atom is -0.469 e. The molecule has 0 radical (unpaired) electrons. The van der Waals surface area contributed by atoms with E-state index in [1.807, 2.05) is 13.0 Å². The van der Waals surface area contributed by atoms with Gasteiger partial charge in [-0.15, -0.1) is 0 Å². The van der Waals surface area contributed by atoms with Gasteiger partial charge in [0.25, 0.3) is 0 Å². The van der Waals surface area contributed by atoms with Gasteiger partial charge in [0.15, 0.2) is 0 Å². The van der Waals surface area contributed by atoms with Crippen LogP contribution in [0, 0.1) is 6.92 Å². The number of hydrogen-bond donors (Lipinski definition) is 1. The Bertz CT molecular complexity index is 393. The zero-order valence-electron chi connectivity index (χ0n) is 9.82. The van der Waals surface area contributed by atoms with E-state index in [1.54, 1.807) is 18.2 Å². The standard InChI is InChI=1S/C12H18N2O2/c1-9-10(4-7-16-9)8-14(2)11(15)12(13)5-3-6-12/h4,7H,3,5-6,8,13H2,1-2H3. The van der Waals surface area contributed by atoms with Crippen molar-refractivity contribution >= 4 is 5.91 Å². The highest BCUT2D eigenvalue weighted by atomic mass is 16.3. The minimum absolute atomic E-state index is 0.0411. The number of hydrogen-bond acceptors (Lipinski definition) is 3. The molecular formula is C12H18N2O2. The molecule has 1 aromatic rings. The molecule has 0 atom stereocenters. The van der Waals surface area contributed by atoms with Gasteiger partial charge in [0.05, 0.1) is 11.8 Å². The van der Waals surface area contributed by atoms with Crippen LogP contribution in [0.3, 0.4) is 0 Å². The van der Waals surface area contributed by atoms with Crippen LogP contribution >= 0.6 is 0 Å². The Kier molecular flexibility index (Phi) is 2.76. The molecule has 0 unspecified atom stereocenters. The van der Waals surface area contributed by atoms with Crippen LogP contribution in [0.1, 0.15) is 30.6 Å². The van der Waals surface area contributed by atoms with Gasteiger partial charge in [-0.2, -0.15) is 0 Å². The van der Waals surface area contributed by atoms with Gasteiger partial charge in [-0.3, -0.25) is 4.79 Å². The van der Waals surface area contributed by atoms with Crippen LogP contribution in [0.2, 0.25) is 0 Å². The van der Waals surface area contributed by atoms with Crippen molar-refractivity contribution in [2.45, 2.75) is 38.3 Å². The average molecular weight is 222 g/mol. The molecule has 0 bridgehead atoms. The van der Waals surface area contributed by atoms with E-state index in [9.17, 15) is 4.79 Å². The molecule has 1 aromatic heterocycles. The summed E-state index contributed by atoms with van der Waals surface area (Å²) in [6.45, 7) is 2.47. The number of likely N-dealkylation sites (N-methyl/N-ethyl adjacent to an activating group) is 1. The number of carbonyl (C=O) groups is 1. The normalized spacial score (nSPS) is 17.9. The lowest BCUT2D eigenvalue weighted by Gasteiger charge is -2.39. The summed E-state index contributed by atoms with van der Waals surface area (Å²) in [7, 11) is 1.79. The molecule has 1 aliphatic carbocycles. The zero-order valence-corrected chi connectivity index (χ0v) is 9.82. The van der Waals surface area contributed by atoms with E-state index in [4.69, 9.17) is 10.2 Å². The topological polar surface area (TPSA) is 59.5 Å². The van der Waals surface area contributed by atoms with Crippen molar-refractivity contribution < 1.29 is 9.21 Å². The predicted octanol–water partition coefficient (Wildman–Crippen LogP) is 1.43. The maximum absolute atomic E-state index is 12.1. The van der Waals surface area contributed by atoms with Gasteiger partial charge in [0, 0.05) is 19.2 Å². The maximum atomic E-state index is 12.1. The second-order valence-corrected chi connectivity index (χ2v) is 4.67. The number of rotatable bonds is 3. The molecule has 1 saturated carbocycles. The summed E-state index contributed by atoms with van der Waals surface area (Å²) in [5.41, 5.74) is 6.44. The van der Waals surface area contributed by atoms with Gasteiger partial charge < -0.3 is 15.1 Å². The molecule has 4 nitrogen and oxygen atoms in total. The summed E-state index contributed by atoms with van der Waals surface area (Å²) < 4.78 is 5.20. The molecule has 2 N–H and O–H groups in total. The number of carbonyl (C=O) groups excluding carboxylic acids is 1. The number of nitrogens with zero attached hydrogens (tertiary/aromatic N) is 1. The van der Waals surface area contributed by atoms with Crippen molar-refractivity contribution in [2.75, 3.05) is 7.05 Å². The molecule has 1 aliphatic rings. The molecule has 1 heterocycles. The summed E-state index contributed by atoms with van der Waals surface area (Å²) in [5.74, 6) is 0.902. The van der Waals surface area contributed by atoms with E-state index in [1.165, 1.54) is 0 Å². The lowest BCUT2D eigenvalue weighted by Crippen LogP contribution is -2.58. The summed E-state index contributed by atoms with van der Waals surface area (Å²) in [6, 6.07) is 1.89. The van der Waals surface area contributed by atoms with Crippen LogP contribution in [-0.4, -0.2) is 23.4 Å². The van der Waals surface area contributed by atoms with Gasteiger partial charge in [0.2, 0.25) is 5.91 Å². The quantitative estimate of drug-likeness (QED) is 0.841. The first-order chi connectivity index (χ1) is 7.53. The van der Waals surface area contributed by atoms with Gasteiger partial charge in [0.1, 0.15) is 5.76 Å². The summed E-state index contributed by atoms with van der Waals surface area (Å²) in [6.07, 6.45) is 4.31. The van der Waals surface area contributed by atoms with Crippen LogP contribution in [0.15, 0.2) is 16.7 Å². The molecular weight excluding hydrogens is 204 g/mol. The van der Waals surface area contributed by atoms with E-state index >= 15 is 0 Å². The lowest BCUT2D eigenvalue weighted by molar-refractivity contribution is -0.139. The third-order valence-electron chi connectivity index (χ3n) is 3.39. The van der Waals surface area contributed by atoms with Crippen LogP contribution in [0.5, 0.6) is 0 Å². The Morgan fingerprint density at radius 2 is 2.31 bits per heavy atom. The smallest absolute Gasteiger partial charge is 0.242 e. The first kappa shape index (κ1) is 11.2. The number of aryl methyl sites for hydroxylation is 1. The first-order valence-corrected chi connectivity index (χ1v) is 5.60. The SMILES string of the molecule is Cc1occc1CN(C)C(=O)C1(N)CCC1. The van der Waals surface area contributed by atoms with Crippen molar-refractivity contribution in [3.63, 3.8) is 0 Å². The van der Waals surface area contributed by atoms with Crippen LogP contribution in [-0.2, 0) is 11.3 Å². The largest absolute Gasteiger partial charge is 0.469 e. The number of nitrogens with two attached hydrogens (primary N) is 1. The van der Waals surface area contributed by atoms with Crippen LogP contribution in [0.4, 0.5) is 0 Å². The fourth-order valence-corrected chi connectivity index (χ4v) is 2.05. The van der Waals surface area contributed by atoms with E-state index in [0.717, 1.165) is 30.6 Å². The van der Waals surface area contributed by atoms with Gasteiger partial charge in [-0.05, 0) is 32.3 Å². The Morgan fingerprint density at radius 1 is 1.62 bits per heavy atom. The molecule has 1 amide bonds. The zero-order chi connectivity index (χ0) is 11.8. The van der Waals surface area contributed by atoms with E-state index in [-0.39, 0.29) is 5.91 Å². The van der Waals surface area contributed by atoms with E-state index < -0.39 is 5.54 Å². The lowest BCUT2D eigenvalue weighted by atomic mass is 9.76. The van der Waals surface area contributed by atoms with Crippen molar-refractivity contribution in [2.24, 2.45) is 5.73 Å². The third-order valence-corrected chi connectivity index (χ3v) is 3.39. The van der Waals surface area contributed by atoms with Gasteiger partial charge in [-0.25, -0.2) is 0 Å². The summed E-state index contributed by atoms with van der Waals surface area (Å²) in [5, 5.41) is 0. The average Bonchev–Trinajstić information content (AvgIpc) is 2.60. The number of amides is 1. The van der Waals surface area contributed by atoms with Gasteiger partial charge >= 0.3 is 0 Å². The predicted molar refractivity (Wildman–Crippen MR) is 60.7 cm³/mol. The second-order valence-electron chi connectivity index (χ2n) is 4.67. The highest BCUT2D eigenvalue weighted by Crippen LogP contribution is 2.31. The molecule has 0 spiro atoms. The molecule has 16 heavy (non-hydrogen) atoms. The monoisotopic (exact) mass is 222 g/mol. The van der Waals surface area contributed by atoms with E-state index in [0.29, 0.717) is 6.54 Å². The Hall–Kier alpha value is -1.29. The number of furan rings is 1. The van der Waals surface area contributed by atoms with Crippen molar-refractivity contribution in [1.29, 1.82) is 0 Å². The molecule has 88 valence electrons. The molecule has 2 rings (SSSR count). The van der Waals surface area contributed by atoms with Crippen LogP contribution < -0.4 is 5.73 Å². The second kappa shape index (κ2) is 3.94.